The third kappa shape index (κ3) is 4.53. The number of aliphatic hydroxyl groups is 1. The molecular formula is C18H29NO2. The van der Waals surface area contributed by atoms with E-state index in [2.05, 4.69) is 24.4 Å². The summed E-state index contributed by atoms with van der Waals surface area (Å²) >= 11 is 0. The standard InChI is InChI=1S/C18H29NO2/c1-2-13-19-18(15-20,16-8-4-3-5-9-16)12-14-21-17-10-6-7-11-17/h3-5,8-9,17,19-20H,2,6-7,10-15H2,1H3. The number of hydrogen-bond donors (Lipinski definition) is 2. The zero-order chi connectivity index (χ0) is 15.0. The van der Waals surface area contributed by atoms with Gasteiger partial charge in [-0.05, 0) is 37.8 Å². The summed E-state index contributed by atoms with van der Waals surface area (Å²) in [6.07, 6.45) is 7.27. The topological polar surface area (TPSA) is 41.5 Å². The van der Waals surface area contributed by atoms with Crippen LogP contribution in [0.3, 0.4) is 0 Å². The highest BCUT2D eigenvalue weighted by Crippen LogP contribution is 2.27. The minimum atomic E-state index is -0.379. The Bertz CT molecular complexity index is 389. The average molecular weight is 291 g/mol. The van der Waals surface area contributed by atoms with Crippen molar-refractivity contribution in [3.63, 3.8) is 0 Å². The van der Waals surface area contributed by atoms with E-state index in [9.17, 15) is 5.11 Å². The first kappa shape index (κ1) is 16.5. The van der Waals surface area contributed by atoms with E-state index in [1.54, 1.807) is 0 Å². The van der Waals surface area contributed by atoms with Gasteiger partial charge in [0, 0.05) is 6.61 Å². The summed E-state index contributed by atoms with van der Waals surface area (Å²) in [7, 11) is 0. The highest BCUT2D eigenvalue weighted by atomic mass is 16.5. The van der Waals surface area contributed by atoms with Crippen LogP contribution in [0.4, 0.5) is 0 Å². The second-order valence-corrected chi connectivity index (χ2v) is 6.06. The van der Waals surface area contributed by atoms with E-state index < -0.39 is 0 Å². The van der Waals surface area contributed by atoms with Crippen LogP contribution in [0, 0.1) is 0 Å². The monoisotopic (exact) mass is 291 g/mol. The van der Waals surface area contributed by atoms with Crippen molar-refractivity contribution in [2.45, 2.75) is 57.1 Å². The Morgan fingerprint density at radius 2 is 1.95 bits per heavy atom. The molecule has 3 heteroatoms. The first-order valence-corrected chi connectivity index (χ1v) is 8.34. The molecule has 0 aromatic heterocycles. The molecule has 21 heavy (non-hydrogen) atoms. The van der Waals surface area contributed by atoms with Crippen molar-refractivity contribution < 1.29 is 9.84 Å². The lowest BCUT2D eigenvalue weighted by atomic mass is 9.87. The van der Waals surface area contributed by atoms with Crippen molar-refractivity contribution in [1.82, 2.24) is 5.32 Å². The van der Waals surface area contributed by atoms with Gasteiger partial charge in [-0.25, -0.2) is 0 Å². The molecule has 1 aromatic rings. The molecule has 1 atom stereocenters. The molecule has 0 radical (unpaired) electrons. The number of hydrogen-bond acceptors (Lipinski definition) is 3. The zero-order valence-corrected chi connectivity index (χ0v) is 13.2. The molecule has 3 nitrogen and oxygen atoms in total. The molecule has 2 N–H and O–H groups in total. The van der Waals surface area contributed by atoms with Crippen molar-refractivity contribution in [3.8, 4) is 0 Å². The van der Waals surface area contributed by atoms with Gasteiger partial charge < -0.3 is 15.2 Å². The Kier molecular flexibility index (Phi) is 6.68. The molecule has 1 aliphatic carbocycles. The molecule has 0 aliphatic heterocycles. The molecular weight excluding hydrogens is 262 g/mol. The van der Waals surface area contributed by atoms with Gasteiger partial charge in [0.15, 0.2) is 0 Å². The van der Waals surface area contributed by atoms with E-state index in [0.717, 1.165) is 24.9 Å². The minimum absolute atomic E-state index is 0.102. The Hall–Kier alpha value is -0.900. The fraction of sp³-hybridized carbons (Fsp3) is 0.667. The van der Waals surface area contributed by atoms with Crippen LogP contribution in [0.5, 0.6) is 0 Å². The van der Waals surface area contributed by atoms with Crippen LogP contribution in [0.2, 0.25) is 0 Å². The molecule has 2 rings (SSSR count). The Labute approximate surface area is 128 Å². The summed E-state index contributed by atoms with van der Waals surface area (Å²) in [5.74, 6) is 0. The van der Waals surface area contributed by atoms with Gasteiger partial charge in [-0.3, -0.25) is 0 Å². The summed E-state index contributed by atoms with van der Waals surface area (Å²) < 4.78 is 6.01. The lowest BCUT2D eigenvalue weighted by Crippen LogP contribution is -2.47. The molecule has 1 aliphatic rings. The van der Waals surface area contributed by atoms with Gasteiger partial charge in [0.2, 0.25) is 0 Å². The highest BCUT2D eigenvalue weighted by molar-refractivity contribution is 5.24. The summed E-state index contributed by atoms with van der Waals surface area (Å²) in [5.41, 5.74) is 0.770. The van der Waals surface area contributed by atoms with Crippen molar-refractivity contribution in [2.24, 2.45) is 0 Å². The van der Waals surface area contributed by atoms with E-state index in [1.165, 1.54) is 25.7 Å². The molecule has 1 aromatic carbocycles. The first-order valence-electron chi connectivity index (χ1n) is 8.34. The fourth-order valence-corrected chi connectivity index (χ4v) is 3.14. The second kappa shape index (κ2) is 8.52. The Morgan fingerprint density at radius 3 is 2.57 bits per heavy atom. The summed E-state index contributed by atoms with van der Waals surface area (Å²) in [5, 5.41) is 13.6. The highest BCUT2D eigenvalue weighted by Gasteiger charge is 2.31. The van der Waals surface area contributed by atoms with Crippen LogP contribution in [-0.2, 0) is 10.3 Å². The van der Waals surface area contributed by atoms with E-state index in [4.69, 9.17) is 4.74 Å². The minimum Gasteiger partial charge on any atom is -0.394 e. The summed E-state index contributed by atoms with van der Waals surface area (Å²) in [6, 6.07) is 10.3. The lowest BCUT2D eigenvalue weighted by molar-refractivity contribution is 0.0305. The van der Waals surface area contributed by atoms with Crippen LogP contribution in [0.15, 0.2) is 30.3 Å². The third-order valence-corrected chi connectivity index (χ3v) is 4.49. The van der Waals surface area contributed by atoms with Crippen LogP contribution in [0.1, 0.15) is 51.0 Å². The van der Waals surface area contributed by atoms with Crippen LogP contribution in [-0.4, -0.2) is 31.0 Å². The lowest BCUT2D eigenvalue weighted by Gasteiger charge is -2.34. The van der Waals surface area contributed by atoms with Crippen LogP contribution >= 0.6 is 0 Å². The molecule has 1 saturated carbocycles. The van der Waals surface area contributed by atoms with Crippen molar-refractivity contribution in [2.75, 3.05) is 19.8 Å². The molecule has 1 fully saturated rings. The predicted molar refractivity (Wildman–Crippen MR) is 86.3 cm³/mol. The average Bonchev–Trinajstić information content (AvgIpc) is 3.05. The molecule has 0 saturated heterocycles. The third-order valence-electron chi connectivity index (χ3n) is 4.49. The SMILES string of the molecule is CCCNC(CO)(CCOC1CCCC1)c1ccccc1. The molecule has 118 valence electrons. The largest absolute Gasteiger partial charge is 0.394 e. The van der Waals surface area contributed by atoms with Gasteiger partial charge in [-0.15, -0.1) is 0 Å². The van der Waals surface area contributed by atoms with Crippen molar-refractivity contribution >= 4 is 0 Å². The quantitative estimate of drug-likeness (QED) is 0.734. The fourth-order valence-electron chi connectivity index (χ4n) is 3.14. The normalized spacial score (nSPS) is 18.8. The molecule has 0 heterocycles. The maximum Gasteiger partial charge on any atom is 0.0691 e. The number of rotatable bonds is 9. The number of nitrogens with one attached hydrogen (secondary N) is 1. The summed E-state index contributed by atoms with van der Waals surface area (Å²) in [4.78, 5) is 0. The molecule has 1 unspecified atom stereocenters. The Balaban J connectivity index is 1.99. The Morgan fingerprint density at radius 1 is 1.24 bits per heavy atom. The molecule has 0 amide bonds. The van der Waals surface area contributed by atoms with Crippen molar-refractivity contribution in [1.29, 1.82) is 0 Å². The number of benzene rings is 1. The van der Waals surface area contributed by atoms with Crippen LogP contribution in [0.25, 0.3) is 0 Å². The smallest absolute Gasteiger partial charge is 0.0691 e. The predicted octanol–water partition coefficient (Wildman–Crippen LogP) is 3.22. The van der Waals surface area contributed by atoms with Gasteiger partial charge in [0.1, 0.15) is 0 Å². The molecule has 0 spiro atoms. The maximum atomic E-state index is 10.0. The van der Waals surface area contributed by atoms with Crippen LogP contribution < -0.4 is 5.32 Å². The van der Waals surface area contributed by atoms with Gasteiger partial charge in [-0.1, -0.05) is 50.1 Å². The zero-order valence-electron chi connectivity index (χ0n) is 13.2. The number of ether oxygens (including phenoxy) is 1. The summed E-state index contributed by atoms with van der Waals surface area (Å²) in [6.45, 7) is 3.86. The first-order chi connectivity index (χ1) is 10.3. The van der Waals surface area contributed by atoms with Crippen molar-refractivity contribution in [3.05, 3.63) is 35.9 Å². The van der Waals surface area contributed by atoms with Gasteiger partial charge in [-0.2, -0.15) is 0 Å². The van der Waals surface area contributed by atoms with Gasteiger partial charge in [0.25, 0.3) is 0 Å². The molecule has 0 bridgehead atoms. The number of aliphatic hydroxyl groups excluding tert-OH is 1. The van der Waals surface area contributed by atoms with Gasteiger partial charge in [0.05, 0.1) is 18.2 Å². The van der Waals surface area contributed by atoms with Gasteiger partial charge >= 0.3 is 0 Å². The van der Waals surface area contributed by atoms with E-state index >= 15 is 0 Å². The van der Waals surface area contributed by atoms with E-state index in [-0.39, 0.29) is 12.1 Å². The van der Waals surface area contributed by atoms with E-state index in [0.29, 0.717) is 12.7 Å². The maximum absolute atomic E-state index is 10.0. The second-order valence-electron chi connectivity index (χ2n) is 6.06. The van der Waals surface area contributed by atoms with E-state index in [1.807, 2.05) is 18.2 Å².